The molecular formula is C11H20N2O4+2. The van der Waals surface area contributed by atoms with Crippen LogP contribution in [0, 0.1) is 0 Å². The molecule has 0 spiro atoms. The second-order valence-electron chi connectivity index (χ2n) is 4.73. The van der Waals surface area contributed by atoms with E-state index in [0.29, 0.717) is 0 Å². The average molecular weight is 244 g/mol. The summed E-state index contributed by atoms with van der Waals surface area (Å²) in [6.07, 6.45) is 1.03. The van der Waals surface area contributed by atoms with Gasteiger partial charge in [-0.25, -0.2) is 9.59 Å². The van der Waals surface area contributed by atoms with Gasteiger partial charge in [0, 0.05) is 6.42 Å². The lowest BCUT2D eigenvalue weighted by Crippen LogP contribution is -2.99. The molecule has 17 heavy (non-hydrogen) atoms. The zero-order valence-corrected chi connectivity index (χ0v) is 10.3. The maximum Gasteiger partial charge on any atom is 0.370 e. The maximum absolute atomic E-state index is 11.2. The van der Waals surface area contributed by atoms with Crippen molar-refractivity contribution in [2.75, 3.05) is 40.4 Å². The van der Waals surface area contributed by atoms with Gasteiger partial charge >= 0.3 is 11.9 Å². The highest BCUT2D eigenvalue weighted by molar-refractivity contribution is 5.76. The van der Waals surface area contributed by atoms with Crippen molar-refractivity contribution in [3.05, 3.63) is 0 Å². The summed E-state index contributed by atoms with van der Waals surface area (Å²) >= 11 is 0. The Morgan fingerprint density at radius 2 is 1.41 bits per heavy atom. The fraction of sp³-hybridized carbons (Fsp3) is 0.818. The molecule has 0 amide bonds. The largest absolute Gasteiger partial charge is 0.464 e. The number of esters is 2. The van der Waals surface area contributed by atoms with Crippen LogP contribution in [0.4, 0.5) is 0 Å². The molecule has 0 radical (unpaired) electrons. The van der Waals surface area contributed by atoms with Gasteiger partial charge in [-0.05, 0) is 0 Å². The van der Waals surface area contributed by atoms with E-state index in [-0.39, 0.29) is 24.0 Å². The molecule has 4 atom stereocenters. The Labute approximate surface area is 100 Å². The molecule has 2 rings (SSSR count). The van der Waals surface area contributed by atoms with Crippen LogP contribution >= 0.6 is 0 Å². The van der Waals surface area contributed by atoms with Crippen LogP contribution in [0.2, 0.25) is 0 Å². The van der Waals surface area contributed by atoms with Crippen LogP contribution in [0.3, 0.4) is 0 Å². The number of hydrogen-bond donors (Lipinski definition) is 2. The van der Waals surface area contributed by atoms with Gasteiger partial charge in [0.25, 0.3) is 0 Å². The number of carbonyl (C=O) groups excluding carboxylic acids is 2. The molecule has 0 aromatic carbocycles. The minimum atomic E-state index is -0.105. The lowest BCUT2D eigenvalue weighted by molar-refractivity contribution is -0.792. The van der Waals surface area contributed by atoms with Crippen molar-refractivity contribution in [3.8, 4) is 0 Å². The lowest BCUT2D eigenvalue weighted by Gasteiger charge is -2.00. The van der Waals surface area contributed by atoms with Gasteiger partial charge in [0.15, 0.2) is 0 Å². The fourth-order valence-electron chi connectivity index (χ4n) is 2.29. The molecule has 2 saturated heterocycles. The van der Waals surface area contributed by atoms with E-state index >= 15 is 0 Å². The SMILES string of the molecule is COC(=O)[C@H]1C[NH+]1CCC[NH+]1C[C@@H]1C(=O)OC. The Hall–Kier alpha value is -1.14. The second kappa shape index (κ2) is 5.01. The van der Waals surface area contributed by atoms with Crippen LogP contribution < -0.4 is 9.80 Å². The average Bonchev–Trinajstić information content (AvgIpc) is 3.22. The molecule has 2 heterocycles. The number of carbonyl (C=O) groups is 2. The smallest absolute Gasteiger partial charge is 0.370 e. The van der Waals surface area contributed by atoms with Gasteiger partial charge in [-0.2, -0.15) is 0 Å². The molecule has 0 bridgehead atoms. The van der Waals surface area contributed by atoms with Crippen LogP contribution in [0.25, 0.3) is 0 Å². The van der Waals surface area contributed by atoms with Crippen molar-refractivity contribution in [2.24, 2.45) is 0 Å². The van der Waals surface area contributed by atoms with E-state index < -0.39 is 0 Å². The molecule has 6 heteroatoms. The van der Waals surface area contributed by atoms with E-state index in [2.05, 4.69) is 9.47 Å². The van der Waals surface area contributed by atoms with Gasteiger partial charge in [0.1, 0.15) is 13.1 Å². The Morgan fingerprint density at radius 1 is 1.00 bits per heavy atom. The minimum Gasteiger partial charge on any atom is -0.464 e. The first-order chi connectivity index (χ1) is 8.17. The van der Waals surface area contributed by atoms with Gasteiger partial charge in [-0.15, -0.1) is 0 Å². The van der Waals surface area contributed by atoms with E-state index in [1.165, 1.54) is 24.0 Å². The number of hydrogen-bond acceptors (Lipinski definition) is 4. The molecule has 0 saturated carbocycles. The predicted molar refractivity (Wildman–Crippen MR) is 57.6 cm³/mol. The minimum absolute atomic E-state index is 0.0561. The van der Waals surface area contributed by atoms with Crippen molar-refractivity contribution >= 4 is 11.9 Å². The molecule has 0 aliphatic carbocycles. The first kappa shape index (κ1) is 12.3. The third-order valence-corrected chi connectivity index (χ3v) is 3.57. The molecule has 0 aromatic rings. The first-order valence-electron chi connectivity index (χ1n) is 6.02. The van der Waals surface area contributed by atoms with Gasteiger partial charge in [-0.3, -0.25) is 0 Å². The molecule has 2 aliphatic rings. The van der Waals surface area contributed by atoms with Gasteiger partial charge in [0.2, 0.25) is 12.1 Å². The van der Waals surface area contributed by atoms with Crippen LogP contribution in [-0.4, -0.2) is 64.4 Å². The summed E-state index contributed by atoms with van der Waals surface area (Å²) < 4.78 is 9.36. The zero-order chi connectivity index (χ0) is 12.4. The normalized spacial score (nSPS) is 34.0. The Kier molecular flexibility index (Phi) is 3.63. The second-order valence-corrected chi connectivity index (χ2v) is 4.73. The van der Waals surface area contributed by atoms with Gasteiger partial charge < -0.3 is 19.3 Å². The van der Waals surface area contributed by atoms with Gasteiger partial charge in [0.05, 0.1) is 27.3 Å². The van der Waals surface area contributed by atoms with Crippen molar-refractivity contribution in [1.82, 2.24) is 0 Å². The molecule has 2 unspecified atom stereocenters. The molecule has 2 fully saturated rings. The lowest BCUT2D eigenvalue weighted by atomic mass is 10.4. The summed E-state index contributed by atoms with van der Waals surface area (Å²) in [5.74, 6) is -0.210. The number of rotatable bonds is 6. The highest BCUT2D eigenvalue weighted by atomic mass is 16.5. The molecule has 0 aromatic heterocycles. The Morgan fingerprint density at radius 3 is 1.76 bits per heavy atom. The molecule has 96 valence electrons. The standard InChI is InChI=1S/C11H18N2O4/c1-16-10(14)8-6-12(8)4-3-5-13-7-9(13)11(15)17-2/h8-9H,3-7H2,1-2H3/p+2/t8-,9-,12?,13?/m1/s1. The summed E-state index contributed by atoms with van der Waals surface area (Å²) in [4.78, 5) is 24.9. The monoisotopic (exact) mass is 244 g/mol. The number of nitrogens with one attached hydrogen (secondary N) is 2. The summed E-state index contributed by atoms with van der Waals surface area (Å²) in [7, 11) is 2.86. The van der Waals surface area contributed by atoms with Crippen LogP contribution in [0.15, 0.2) is 0 Å². The van der Waals surface area contributed by atoms with Crippen LogP contribution in [0.5, 0.6) is 0 Å². The Balaban J connectivity index is 1.54. The molecule has 6 nitrogen and oxygen atoms in total. The van der Waals surface area contributed by atoms with Crippen LogP contribution in [-0.2, 0) is 19.1 Å². The van der Waals surface area contributed by atoms with Crippen molar-refractivity contribution in [1.29, 1.82) is 0 Å². The molecule has 2 N–H and O–H groups in total. The fourth-order valence-corrected chi connectivity index (χ4v) is 2.29. The third kappa shape index (κ3) is 2.95. The van der Waals surface area contributed by atoms with E-state index in [1.54, 1.807) is 0 Å². The zero-order valence-electron chi connectivity index (χ0n) is 10.3. The summed E-state index contributed by atoms with van der Waals surface area (Å²) in [6, 6.07) is 0.112. The maximum atomic E-state index is 11.2. The summed E-state index contributed by atoms with van der Waals surface area (Å²) in [6.45, 7) is 3.75. The van der Waals surface area contributed by atoms with E-state index in [1.807, 2.05) is 0 Å². The van der Waals surface area contributed by atoms with E-state index in [9.17, 15) is 9.59 Å². The third-order valence-electron chi connectivity index (χ3n) is 3.57. The highest BCUT2D eigenvalue weighted by Gasteiger charge is 2.49. The van der Waals surface area contributed by atoms with Crippen molar-refractivity contribution < 1.29 is 28.9 Å². The van der Waals surface area contributed by atoms with Crippen molar-refractivity contribution in [2.45, 2.75) is 18.5 Å². The van der Waals surface area contributed by atoms with Gasteiger partial charge in [-0.1, -0.05) is 0 Å². The topological polar surface area (TPSA) is 61.5 Å². The van der Waals surface area contributed by atoms with Crippen molar-refractivity contribution in [3.63, 3.8) is 0 Å². The quantitative estimate of drug-likeness (QED) is 0.372. The Bertz CT molecular complexity index is 291. The van der Waals surface area contributed by atoms with E-state index in [4.69, 9.17) is 0 Å². The highest BCUT2D eigenvalue weighted by Crippen LogP contribution is 1.94. The van der Waals surface area contributed by atoms with Crippen LogP contribution in [0.1, 0.15) is 6.42 Å². The summed E-state index contributed by atoms with van der Waals surface area (Å²) in [5.41, 5.74) is 0. The predicted octanol–water partition coefficient (Wildman–Crippen LogP) is -3.74. The summed E-state index contributed by atoms with van der Waals surface area (Å²) in [5, 5.41) is 0. The molecule has 2 aliphatic heterocycles. The first-order valence-corrected chi connectivity index (χ1v) is 6.02. The van der Waals surface area contributed by atoms with E-state index in [0.717, 1.165) is 32.6 Å². The number of methoxy groups -OCH3 is 2. The molecular weight excluding hydrogens is 224 g/mol. The number of quaternary nitrogens is 2. The number of ether oxygens (including phenoxy) is 2.